The molecule has 0 aromatic rings. The SMILES string of the molecule is OC#CCBr. The van der Waals surface area contributed by atoms with Crippen LogP contribution in [0.1, 0.15) is 0 Å². The molecule has 0 saturated heterocycles. The number of rotatable bonds is 0. The normalized spacial score (nSPS) is 5.00. The van der Waals surface area contributed by atoms with Gasteiger partial charge in [-0.15, -0.1) is 0 Å². The van der Waals surface area contributed by atoms with Gasteiger partial charge in [-0.05, 0) is 5.92 Å². The second kappa shape index (κ2) is 3.84. The molecule has 0 amide bonds. The molecule has 2 heteroatoms. The number of hydrogen-bond acceptors (Lipinski definition) is 1. The lowest BCUT2D eigenvalue weighted by molar-refractivity contribution is 0.517. The highest BCUT2D eigenvalue weighted by molar-refractivity contribution is 9.09. The van der Waals surface area contributed by atoms with Crippen LogP contribution < -0.4 is 0 Å². The number of alkyl halides is 1. The lowest BCUT2D eigenvalue weighted by Crippen LogP contribution is -1.54. The monoisotopic (exact) mass is 134 g/mol. The topological polar surface area (TPSA) is 20.2 Å². The van der Waals surface area contributed by atoms with E-state index >= 15 is 0 Å². The summed E-state index contributed by atoms with van der Waals surface area (Å²) in [4.78, 5) is 0. The number of halogens is 1. The van der Waals surface area contributed by atoms with Gasteiger partial charge in [0, 0.05) is 0 Å². The molecule has 0 aliphatic heterocycles. The molecule has 0 saturated carbocycles. The third-order valence-corrected chi connectivity index (χ3v) is 0.426. The maximum Gasteiger partial charge on any atom is 0.108 e. The highest BCUT2D eigenvalue weighted by Gasteiger charge is 1.52. The lowest BCUT2D eigenvalue weighted by atomic mass is 10.8. The molecule has 0 unspecified atom stereocenters. The molecule has 28 valence electrons. The third kappa shape index (κ3) is 3.84. The predicted molar refractivity (Wildman–Crippen MR) is 23.5 cm³/mol. The molecule has 1 nitrogen and oxygen atoms in total. The minimum Gasteiger partial charge on any atom is -0.462 e. The van der Waals surface area contributed by atoms with Crippen LogP contribution >= 0.6 is 15.9 Å². The van der Waals surface area contributed by atoms with Crippen LogP contribution in [0, 0.1) is 12.0 Å². The summed E-state index contributed by atoms with van der Waals surface area (Å²) in [5.41, 5.74) is 0. The van der Waals surface area contributed by atoms with Crippen molar-refractivity contribution in [3.05, 3.63) is 0 Å². The molecule has 0 aromatic heterocycles. The minimum atomic E-state index is 0.545. The van der Waals surface area contributed by atoms with Gasteiger partial charge in [0.05, 0.1) is 5.33 Å². The van der Waals surface area contributed by atoms with Gasteiger partial charge in [0.25, 0.3) is 0 Å². The zero-order valence-electron chi connectivity index (χ0n) is 2.53. The van der Waals surface area contributed by atoms with E-state index in [9.17, 15) is 0 Å². The second-order valence-electron chi connectivity index (χ2n) is 0.422. The maximum absolute atomic E-state index is 7.68. The van der Waals surface area contributed by atoms with Crippen molar-refractivity contribution in [3.8, 4) is 12.0 Å². The predicted octanol–water partition coefficient (Wildman–Crippen LogP) is 0.715. The van der Waals surface area contributed by atoms with Crippen molar-refractivity contribution in [2.75, 3.05) is 5.33 Å². The van der Waals surface area contributed by atoms with Crippen LogP contribution in [0.3, 0.4) is 0 Å². The summed E-state index contributed by atoms with van der Waals surface area (Å²) in [5, 5.41) is 8.22. The Kier molecular flexibility index (Phi) is 3.72. The summed E-state index contributed by atoms with van der Waals surface area (Å²) in [6.07, 6.45) is 1.72. The highest BCUT2D eigenvalue weighted by atomic mass is 79.9. The Labute approximate surface area is 39.1 Å². The molecular formula is C3H3BrO. The van der Waals surface area contributed by atoms with E-state index < -0.39 is 0 Å². The maximum atomic E-state index is 7.68. The standard InChI is InChI=1S/C3H3BrO/c4-2-1-3-5/h5H,2H2. The minimum absolute atomic E-state index is 0.545. The van der Waals surface area contributed by atoms with Crippen molar-refractivity contribution in [3.63, 3.8) is 0 Å². The lowest BCUT2D eigenvalue weighted by Gasteiger charge is -1.55. The molecule has 0 heterocycles. The molecule has 1 N–H and O–H groups in total. The van der Waals surface area contributed by atoms with Crippen molar-refractivity contribution in [2.45, 2.75) is 0 Å². The van der Waals surface area contributed by atoms with Gasteiger partial charge in [-0.3, -0.25) is 0 Å². The summed E-state index contributed by atoms with van der Waals surface area (Å²) >= 11 is 2.98. The Hall–Kier alpha value is -0.160. The zero-order valence-corrected chi connectivity index (χ0v) is 4.12. The van der Waals surface area contributed by atoms with Crippen LogP contribution in [0.4, 0.5) is 0 Å². The van der Waals surface area contributed by atoms with Crippen LogP contribution in [0.2, 0.25) is 0 Å². The summed E-state index contributed by atoms with van der Waals surface area (Å²) < 4.78 is 0. The number of aliphatic hydroxyl groups excluding tert-OH is 1. The van der Waals surface area contributed by atoms with E-state index in [1.165, 1.54) is 0 Å². The van der Waals surface area contributed by atoms with E-state index in [1.807, 2.05) is 0 Å². The first kappa shape index (κ1) is 4.84. The van der Waals surface area contributed by atoms with Crippen molar-refractivity contribution in [1.82, 2.24) is 0 Å². The Bertz CT molecular complexity index is 59.0. The third-order valence-electron chi connectivity index (χ3n) is 0.146. The summed E-state index contributed by atoms with van der Waals surface area (Å²) in [7, 11) is 0. The van der Waals surface area contributed by atoms with Gasteiger partial charge in [0.2, 0.25) is 0 Å². The molecule has 0 aliphatic carbocycles. The average molecular weight is 135 g/mol. The Morgan fingerprint density at radius 2 is 2.40 bits per heavy atom. The zero-order chi connectivity index (χ0) is 4.12. The molecule has 0 aliphatic rings. The van der Waals surface area contributed by atoms with Gasteiger partial charge in [0.15, 0.2) is 0 Å². The first-order valence-corrected chi connectivity index (χ1v) is 2.22. The summed E-state index contributed by atoms with van der Waals surface area (Å²) in [5.74, 6) is 2.33. The second-order valence-corrected chi connectivity index (χ2v) is 0.983. The number of hydrogen-bond donors (Lipinski definition) is 1. The molecular weight excluding hydrogens is 132 g/mol. The molecule has 0 bridgehead atoms. The smallest absolute Gasteiger partial charge is 0.108 e. The highest BCUT2D eigenvalue weighted by Crippen LogP contribution is 1.69. The summed E-state index contributed by atoms with van der Waals surface area (Å²) in [6, 6.07) is 0. The molecule has 0 atom stereocenters. The molecule has 0 radical (unpaired) electrons. The average Bonchev–Trinajstić information content (AvgIpc) is 1.41. The van der Waals surface area contributed by atoms with Crippen LogP contribution in [0.15, 0.2) is 0 Å². The van der Waals surface area contributed by atoms with E-state index in [-0.39, 0.29) is 0 Å². The molecule has 5 heavy (non-hydrogen) atoms. The first-order valence-electron chi connectivity index (χ1n) is 1.09. The van der Waals surface area contributed by atoms with Gasteiger partial charge in [0.1, 0.15) is 6.11 Å². The van der Waals surface area contributed by atoms with Crippen molar-refractivity contribution >= 4 is 15.9 Å². The largest absolute Gasteiger partial charge is 0.462 e. The van der Waals surface area contributed by atoms with Crippen molar-refractivity contribution in [2.24, 2.45) is 0 Å². The van der Waals surface area contributed by atoms with Crippen LogP contribution in [-0.2, 0) is 0 Å². The van der Waals surface area contributed by atoms with Crippen LogP contribution in [-0.4, -0.2) is 10.4 Å². The Morgan fingerprint density at radius 1 is 1.80 bits per heavy atom. The van der Waals surface area contributed by atoms with Gasteiger partial charge < -0.3 is 5.11 Å². The fourth-order valence-corrected chi connectivity index (χ4v) is 0.155. The fourth-order valence-electron chi connectivity index (χ4n) is 0.0299. The van der Waals surface area contributed by atoms with Crippen LogP contribution in [0.25, 0.3) is 0 Å². The first-order chi connectivity index (χ1) is 2.41. The van der Waals surface area contributed by atoms with Crippen molar-refractivity contribution in [1.29, 1.82) is 0 Å². The van der Waals surface area contributed by atoms with E-state index in [4.69, 9.17) is 5.11 Å². The van der Waals surface area contributed by atoms with E-state index in [0.717, 1.165) is 0 Å². The van der Waals surface area contributed by atoms with Crippen LogP contribution in [0.5, 0.6) is 0 Å². The van der Waals surface area contributed by atoms with Gasteiger partial charge in [-0.2, -0.15) is 0 Å². The van der Waals surface area contributed by atoms with Gasteiger partial charge >= 0.3 is 0 Å². The molecule has 0 aromatic carbocycles. The van der Waals surface area contributed by atoms with E-state index in [1.54, 1.807) is 6.11 Å². The fraction of sp³-hybridized carbons (Fsp3) is 0.333. The molecule has 0 fully saturated rings. The Balaban J connectivity index is 2.81. The Morgan fingerprint density at radius 3 is 2.40 bits per heavy atom. The quantitative estimate of drug-likeness (QED) is 0.383. The summed E-state index contributed by atoms with van der Waals surface area (Å²) in [6.45, 7) is 0. The molecule has 0 spiro atoms. The molecule has 0 rings (SSSR count). The van der Waals surface area contributed by atoms with Crippen molar-refractivity contribution < 1.29 is 5.11 Å². The van der Waals surface area contributed by atoms with Gasteiger partial charge in [-0.1, -0.05) is 15.9 Å². The van der Waals surface area contributed by atoms with E-state index in [2.05, 4.69) is 21.9 Å². The van der Waals surface area contributed by atoms with Gasteiger partial charge in [-0.25, -0.2) is 0 Å². The number of aliphatic hydroxyl groups is 1. The van der Waals surface area contributed by atoms with E-state index in [0.29, 0.717) is 5.33 Å².